The second-order valence-electron chi connectivity index (χ2n) is 3.49. The van der Waals surface area contributed by atoms with E-state index in [1.165, 1.54) is 22.6 Å². The Balaban J connectivity index is 2.10. The van der Waals surface area contributed by atoms with Crippen LogP contribution in [0.25, 0.3) is 0 Å². The second-order valence-corrected chi connectivity index (χ2v) is 3.49. The maximum atomic E-state index is 4.61. The van der Waals surface area contributed by atoms with E-state index in [4.69, 9.17) is 0 Å². The fourth-order valence-corrected chi connectivity index (χ4v) is 2.04. The van der Waals surface area contributed by atoms with E-state index < -0.39 is 0 Å². The van der Waals surface area contributed by atoms with Gasteiger partial charge in [0.25, 0.3) is 0 Å². The molecule has 1 aliphatic carbocycles. The van der Waals surface area contributed by atoms with E-state index in [9.17, 15) is 0 Å². The van der Waals surface area contributed by atoms with Gasteiger partial charge in [-0.2, -0.15) is 0 Å². The van der Waals surface area contributed by atoms with Gasteiger partial charge in [0.2, 0.25) is 0 Å². The lowest BCUT2D eigenvalue weighted by atomic mass is 9.96. The van der Waals surface area contributed by atoms with Crippen LogP contribution < -0.4 is 5.32 Å². The van der Waals surface area contributed by atoms with Crippen LogP contribution in [0.3, 0.4) is 0 Å². The van der Waals surface area contributed by atoms with Gasteiger partial charge in [-0.3, -0.25) is 4.99 Å². The Morgan fingerprint density at radius 1 is 1.23 bits per heavy atom. The van der Waals surface area contributed by atoms with E-state index in [0.29, 0.717) is 0 Å². The summed E-state index contributed by atoms with van der Waals surface area (Å²) in [7, 11) is 0. The Labute approximate surface area is 77.7 Å². The van der Waals surface area contributed by atoms with Crippen molar-refractivity contribution in [3.05, 3.63) is 41.6 Å². The molecule has 2 heterocycles. The molecule has 2 nitrogen and oxygen atoms in total. The molecule has 0 atom stereocenters. The molecule has 1 saturated heterocycles. The molecule has 0 aromatic rings. The van der Waals surface area contributed by atoms with Crippen molar-refractivity contribution in [3.8, 4) is 0 Å². The Morgan fingerprint density at radius 2 is 2.23 bits per heavy atom. The fraction of sp³-hybridized carbons (Fsp3) is 0.273. The predicted molar refractivity (Wildman–Crippen MR) is 53.2 cm³/mol. The highest BCUT2D eigenvalue weighted by molar-refractivity contribution is 6.06. The first-order valence-electron chi connectivity index (χ1n) is 4.67. The Bertz CT molecular complexity index is 370. The molecular formula is C11H11N2. The number of nitrogens with one attached hydrogen (secondary N) is 1. The monoisotopic (exact) mass is 171 g/mol. The van der Waals surface area contributed by atoms with E-state index in [1.54, 1.807) is 0 Å². The van der Waals surface area contributed by atoms with Gasteiger partial charge in [-0.25, -0.2) is 0 Å². The van der Waals surface area contributed by atoms with Crippen LogP contribution in [0.1, 0.15) is 12.8 Å². The third-order valence-corrected chi connectivity index (χ3v) is 2.71. The van der Waals surface area contributed by atoms with Crippen molar-refractivity contribution in [2.45, 2.75) is 12.8 Å². The molecule has 2 heteroatoms. The summed E-state index contributed by atoms with van der Waals surface area (Å²) >= 11 is 0. The average Bonchev–Trinajstić information content (AvgIpc) is 2.56. The largest absolute Gasteiger partial charge is 0.308 e. The first kappa shape index (κ1) is 7.27. The molecule has 1 N–H and O–H groups in total. The first-order valence-corrected chi connectivity index (χ1v) is 4.67. The smallest absolute Gasteiger partial charge is 0.0672 e. The number of fused-ring (bicyclic) bond motifs is 2. The van der Waals surface area contributed by atoms with E-state index >= 15 is 0 Å². The summed E-state index contributed by atoms with van der Waals surface area (Å²) in [5.74, 6) is 0. The Kier molecular flexibility index (Phi) is 1.49. The van der Waals surface area contributed by atoms with E-state index in [1.807, 2.05) is 0 Å². The van der Waals surface area contributed by atoms with Gasteiger partial charge in [-0.15, -0.1) is 0 Å². The molecule has 0 spiro atoms. The van der Waals surface area contributed by atoms with Crippen molar-refractivity contribution in [1.29, 1.82) is 0 Å². The summed E-state index contributed by atoms with van der Waals surface area (Å²) in [5.41, 5.74) is 5.31. The lowest BCUT2D eigenvalue weighted by molar-refractivity contribution is 0.825. The van der Waals surface area contributed by atoms with Gasteiger partial charge >= 0.3 is 0 Å². The minimum Gasteiger partial charge on any atom is -0.308 e. The van der Waals surface area contributed by atoms with E-state index in [0.717, 1.165) is 19.4 Å². The predicted octanol–water partition coefficient (Wildman–Crippen LogP) is 1.74. The van der Waals surface area contributed by atoms with Crippen LogP contribution in [-0.4, -0.2) is 12.3 Å². The SMILES string of the molecule is [CH]1CC2=NC3=CC=CCC3=C2CN1. The van der Waals surface area contributed by atoms with Crippen molar-refractivity contribution in [3.63, 3.8) is 0 Å². The first-order chi connectivity index (χ1) is 6.45. The molecule has 13 heavy (non-hydrogen) atoms. The van der Waals surface area contributed by atoms with Crippen molar-refractivity contribution in [2.75, 3.05) is 6.54 Å². The van der Waals surface area contributed by atoms with Gasteiger partial charge in [0.05, 0.1) is 5.70 Å². The van der Waals surface area contributed by atoms with Gasteiger partial charge in [0.15, 0.2) is 0 Å². The number of nitrogens with zero attached hydrogens (tertiary/aromatic N) is 1. The summed E-state index contributed by atoms with van der Waals surface area (Å²) in [5, 5.41) is 3.27. The van der Waals surface area contributed by atoms with Gasteiger partial charge in [0, 0.05) is 25.2 Å². The number of aliphatic imine (C=N–C) groups is 1. The Morgan fingerprint density at radius 3 is 3.23 bits per heavy atom. The molecule has 0 unspecified atom stereocenters. The third kappa shape index (κ3) is 1.02. The molecule has 3 aliphatic rings. The molecule has 1 fully saturated rings. The van der Waals surface area contributed by atoms with Crippen molar-refractivity contribution >= 4 is 5.71 Å². The second kappa shape index (κ2) is 2.67. The Hall–Kier alpha value is -1.15. The average molecular weight is 171 g/mol. The summed E-state index contributed by atoms with van der Waals surface area (Å²) in [6.07, 6.45) is 8.42. The van der Waals surface area contributed by atoms with Crippen molar-refractivity contribution in [1.82, 2.24) is 5.32 Å². The number of hydrogen-bond donors (Lipinski definition) is 1. The molecule has 3 rings (SSSR count). The topological polar surface area (TPSA) is 24.4 Å². The quantitative estimate of drug-likeness (QED) is 0.589. The lowest BCUT2D eigenvalue weighted by Gasteiger charge is -2.15. The molecule has 65 valence electrons. The zero-order chi connectivity index (χ0) is 8.67. The lowest BCUT2D eigenvalue weighted by Crippen LogP contribution is -2.26. The molecular weight excluding hydrogens is 160 g/mol. The highest BCUT2D eigenvalue weighted by Crippen LogP contribution is 2.32. The van der Waals surface area contributed by atoms with Gasteiger partial charge < -0.3 is 5.32 Å². The van der Waals surface area contributed by atoms with Gasteiger partial charge in [-0.05, 0) is 23.6 Å². The molecule has 0 aromatic heterocycles. The van der Waals surface area contributed by atoms with Crippen LogP contribution in [0.4, 0.5) is 0 Å². The van der Waals surface area contributed by atoms with Gasteiger partial charge in [0.1, 0.15) is 0 Å². The fourth-order valence-electron chi connectivity index (χ4n) is 2.04. The van der Waals surface area contributed by atoms with E-state index in [2.05, 4.69) is 35.1 Å². The maximum Gasteiger partial charge on any atom is 0.0672 e. The number of rotatable bonds is 0. The molecule has 0 amide bonds. The zero-order valence-corrected chi connectivity index (χ0v) is 7.38. The minimum atomic E-state index is 0.958. The highest BCUT2D eigenvalue weighted by Gasteiger charge is 2.25. The zero-order valence-electron chi connectivity index (χ0n) is 7.38. The van der Waals surface area contributed by atoms with Gasteiger partial charge in [-0.1, -0.05) is 12.2 Å². The van der Waals surface area contributed by atoms with Crippen LogP contribution in [0.5, 0.6) is 0 Å². The number of allylic oxidation sites excluding steroid dienone is 4. The standard InChI is InChI=1S/C11H11N2/c1-2-4-10-8(3-1)9-7-12-6-5-11(9)13-10/h1-2,4,6,12H,3,5,7H2. The van der Waals surface area contributed by atoms with Crippen LogP contribution in [0.2, 0.25) is 0 Å². The molecule has 1 radical (unpaired) electrons. The van der Waals surface area contributed by atoms with Crippen LogP contribution in [-0.2, 0) is 0 Å². The minimum absolute atomic E-state index is 0.958. The highest BCUT2D eigenvalue weighted by atomic mass is 14.9. The third-order valence-electron chi connectivity index (χ3n) is 2.71. The van der Waals surface area contributed by atoms with Crippen molar-refractivity contribution in [2.24, 2.45) is 4.99 Å². The summed E-state index contributed by atoms with van der Waals surface area (Å²) in [4.78, 5) is 4.61. The molecule has 0 aromatic carbocycles. The summed E-state index contributed by atoms with van der Waals surface area (Å²) < 4.78 is 0. The molecule has 2 aliphatic heterocycles. The number of piperidine rings is 1. The number of hydrogen-bond acceptors (Lipinski definition) is 2. The summed E-state index contributed by atoms with van der Waals surface area (Å²) in [6.45, 7) is 3.05. The van der Waals surface area contributed by atoms with Crippen molar-refractivity contribution < 1.29 is 0 Å². The summed E-state index contributed by atoms with van der Waals surface area (Å²) in [6, 6.07) is 0. The van der Waals surface area contributed by atoms with E-state index in [-0.39, 0.29) is 0 Å². The molecule has 0 bridgehead atoms. The van der Waals surface area contributed by atoms with Crippen LogP contribution in [0.15, 0.2) is 40.1 Å². The maximum absolute atomic E-state index is 4.61. The molecule has 0 saturated carbocycles. The van der Waals surface area contributed by atoms with Crippen LogP contribution in [0, 0.1) is 6.54 Å². The normalized spacial score (nSPS) is 25.2. The van der Waals surface area contributed by atoms with Crippen LogP contribution >= 0.6 is 0 Å².